The molecule has 0 heterocycles. The number of benzene rings is 5. The zero-order valence-corrected chi connectivity index (χ0v) is 30.3. The van der Waals surface area contributed by atoms with Gasteiger partial charge in [0.05, 0.1) is 0 Å². The molecule has 0 amide bonds. The molecule has 0 aliphatic rings. The summed E-state index contributed by atoms with van der Waals surface area (Å²) in [5.41, 5.74) is 2.75. The molecule has 0 spiro atoms. The molecule has 7 aromatic rings. The Labute approximate surface area is 300 Å². The van der Waals surface area contributed by atoms with Crippen LogP contribution in [0, 0.1) is 0 Å². The summed E-state index contributed by atoms with van der Waals surface area (Å²) in [6, 6.07) is 72.7. The van der Waals surface area contributed by atoms with E-state index >= 15 is 0 Å². The van der Waals surface area contributed by atoms with E-state index in [1.807, 2.05) is 30.3 Å². The third-order valence-corrected chi connectivity index (χ3v) is 13.7. The summed E-state index contributed by atoms with van der Waals surface area (Å²) >= 11 is 0. The van der Waals surface area contributed by atoms with Gasteiger partial charge in [-0.2, -0.15) is 6.07 Å². The van der Waals surface area contributed by atoms with Crippen molar-refractivity contribution in [3.63, 3.8) is 0 Å². The Morgan fingerprint density at radius 2 is 0.854 bits per heavy atom. The van der Waals surface area contributed by atoms with Crippen LogP contribution < -0.4 is 26.5 Å². The summed E-state index contributed by atoms with van der Waals surface area (Å²) in [6.45, 7) is 4.80. The largest absolute Gasteiger partial charge is 0.748 e. The van der Waals surface area contributed by atoms with Gasteiger partial charge in [0.15, 0.2) is 0 Å². The molecule has 0 aliphatic heterocycles. The van der Waals surface area contributed by atoms with Crippen LogP contribution >= 0.6 is 16.0 Å². The monoisotopic (exact) mass is 701 g/mol. The summed E-state index contributed by atoms with van der Waals surface area (Å²) in [4.78, 5) is 0. The first-order valence-electron chi connectivity index (χ1n) is 16.3. The van der Waals surface area contributed by atoms with Gasteiger partial charge in [-0.1, -0.05) is 159 Å². The molecule has 0 radical (unpaired) electrons. The Morgan fingerprint density at radius 1 is 0.479 bits per heavy atom. The minimum absolute atomic E-state index is 0. The van der Waals surface area contributed by atoms with E-state index in [0.29, 0.717) is 0 Å². The minimum Gasteiger partial charge on any atom is -0.748 e. The van der Waals surface area contributed by atoms with Crippen LogP contribution in [-0.2, 0) is 17.1 Å². The van der Waals surface area contributed by atoms with Crippen LogP contribution in [0.5, 0.6) is 0 Å². The van der Waals surface area contributed by atoms with Gasteiger partial charge in [-0.15, -0.1) is 10.9 Å². The first kappa shape index (κ1) is 35.4. The topological polar surface area (TPSA) is 3.24 Å². The molecule has 4 heteroatoms. The molecule has 0 N–H and O–H groups in total. The molecule has 1 nitrogen and oxygen atoms in total. The van der Waals surface area contributed by atoms with Crippen LogP contribution in [0.4, 0.5) is 0 Å². The maximum Gasteiger partial charge on any atom is 0.0357 e. The molecule has 0 aromatic heterocycles. The number of hydrogen-bond acceptors (Lipinski definition) is 1. The third-order valence-electron chi connectivity index (χ3n) is 8.41. The van der Waals surface area contributed by atoms with E-state index in [-0.39, 0.29) is 29.2 Å². The average molecular weight is 702 g/mol. The van der Waals surface area contributed by atoms with E-state index in [9.17, 15) is 0 Å². The van der Waals surface area contributed by atoms with Gasteiger partial charge in [-0.3, -0.25) is 4.67 Å². The minimum atomic E-state index is -0.821. The standard InChI is InChI=1S/C39H36NP2.C5H5.Fe/c1-31(33-19-8-3-9-20-33)40(42(36-25-14-6-15-26-36)37-27-16-7-17-28-37)32(2)38-29-18-30-39(38)41(34-21-10-4-11-22-34)35-23-12-5-13-24-35;1-2-4-5-3-1;/h3-32H,1-2H3;1-5H;/q-1;-5;/t31-,32+;;/m0../s1. The van der Waals surface area contributed by atoms with E-state index in [0.717, 1.165) is 0 Å². The number of hydrogen-bond donors (Lipinski definition) is 0. The van der Waals surface area contributed by atoms with Crippen molar-refractivity contribution in [2.75, 3.05) is 0 Å². The van der Waals surface area contributed by atoms with E-state index in [1.54, 1.807) is 0 Å². The Hall–Kier alpha value is -3.86. The van der Waals surface area contributed by atoms with E-state index in [2.05, 4.69) is 188 Å². The molecule has 246 valence electrons. The van der Waals surface area contributed by atoms with Gasteiger partial charge >= 0.3 is 0 Å². The quantitative estimate of drug-likeness (QED) is 0.0780. The maximum absolute atomic E-state index is 2.79. The van der Waals surface area contributed by atoms with Gasteiger partial charge in [0.25, 0.3) is 0 Å². The number of rotatable bonds is 10. The van der Waals surface area contributed by atoms with Gasteiger partial charge in [-0.25, -0.2) is 12.1 Å². The molecule has 0 bridgehead atoms. The van der Waals surface area contributed by atoms with Gasteiger partial charge in [0.2, 0.25) is 0 Å². The zero-order chi connectivity index (χ0) is 32.3. The Balaban J connectivity index is 0.000000689. The maximum atomic E-state index is 2.79. The Morgan fingerprint density at radius 3 is 1.27 bits per heavy atom. The van der Waals surface area contributed by atoms with Crippen molar-refractivity contribution < 1.29 is 17.1 Å². The fourth-order valence-corrected chi connectivity index (χ4v) is 11.4. The van der Waals surface area contributed by atoms with Gasteiger partial charge in [0.1, 0.15) is 0 Å². The average Bonchev–Trinajstić information content (AvgIpc) is 3.89. The Kier molecular flexibility index (Phi) is 13.3. The van der Waals surface area contributed by atoms with Crippen molar-refractivity contribution in [3.05, 3.63) is 211 Å². The molecule has 7 aromatic carbocycles. The van der Waals surface area contributed by atoms with Crippen molar-refractivity contribution >= 4 is 42.5 Å². The SMILES string of the molecule is C[C@H]([c-]1cccc1P(c1ccccc1)c1ccccc1)N([C@@H](C)c1ccccc1)P(c1ccccc1)c1ccccc1.[Fe].[cH-]1[cH-][cH-][cH-][cH-]1. The molecule has 0 saturated heterocycles. The van der Waals surface area contributed by atoms with Crippen LogP contribution in [0.3, 0.4) is 0 Å². The summed E-state index contributed by atoms with van der Waals surface area (Å²) in [5.74, 6) is 0. The van der Waals surface area contributed by atoms with Gasteiger partial charge < -0.3 is 30.3 Å². The molecule has 0 saturated carbocycles. The molecule has 2 atom stereocenters. The first-order valence-corrected chi connectivity index (χ1v) is 18.9. The molecule has 0 fully saturated rings. The molecule has 0 unspecified atom stereocenters. The Bertz CT molecular complexity index is 1760. The first-order chi connectivity index (χ1) is 23.2. The van der Waals surface area contributed by atoms with E-state index < -0.39 is 16.0 Å². The second-order valence-electron chi connectivity index (χ2n) is 11.5. The van der Waals surface area contributed by atoms with E-state index in [4.69, 9.17) is 0 Å². The fourth-order valence-electron chi connectivity index (χ4n) is 6.15. The fraction of sp³-hybridized carbons (Fsp3) is 0.0909. The predicted molar refractivity (Wildman–Crippen MR) is 207 cm³/mol. The molecule has 48 heavy (non-hydrogen) atoms. The molecule has 0 aliphatic carbocycles. The van der Waals surface area contributed by atoms with Gasteiger partial charge in [-0.05, 0) is 47.7 Å². The zero-order valence-electron chi connectivity index (χ0n) is 27.4. The summed E-state index contributed by atoms with van der Waals surface area (Å²) < 4.78 is 2.79. The molecular weight excluding hydrogens is 660 g/mol. The predicted octanol–water partition coefficient (Wildman–Crippen LogP) is 9.74. The number of nitrogens with zero attached hydrogens (tertiary/aromatic N) is 1. The summed E-state index contributed by atoms with van der Waals surface area (Å²) in [5, 5.41) is 6.95. The summed E-state index contributed by atoms with van der Waals surface area (Å²) in [7, 11) is -1.53. The van der Waals surface area contributed by atoms with Crippen LogP contribution in [0.25, 0.3) is 0 Å². The van der Waals surface area contributed by atoms with Crippen molar-refractivity contribution in [3.8, 4) is 0 Å². The molecular formula is C44H41FeNP2-6. The van der Waals surface area contributed by atoms with Crippen molar-refractivity contribution in [1.82, 2.24) is 4.67 Å². The van der Waals surface area contributed by atoms with Crippen LogP contribution in [0.1, 0.15) is 37.1 Å². The normalized spacial score (nSPS) is 12.2. The van der Waals surface area contributed by atoms with Crippen LogP contribution in [0.2, 0.25) is 0 Å². The second-order valence-corrected chi connectivity index (χ2v) is 15.8. The summed E-state index contributed by atoms with van der Waals surface area (Å²) in [6.07, 6.45) is 0. The smallest absolute Gasteiger partial charge is 0.0357 e. The van der Waals surface area contributed by atoms with E-state index in [1.165, 1.54) is 37.6 Å². The van der Waals surface area contributed by atoms with Crippen molar-refractivity contribution in [1.29, 1.82) is 0 Å². The van der Waals surface area contributed by atoms with Gasteiger partial charge in [0, 0.05) is 31.2 Å². The third kappa shape index (κ3) is 8.59. The van der Waals surface area contributed by atoms with Crippen LogP contribution in [-0.4, -0.2) is 4.67 Å². The van der Waals surface area contributed by atoms with Crippen molar-refractivity contribution in [2.24, 2.45) is 0 Å². The molecule has 7 rings (SSSR count). The second kappa shape index (κ2) is 18.1. The van der Waals surface area contributed by atoms with Crippen LogP contribution in [0.15, 0.2) is 200 Å². The van der Waals surface area contributed by atoms with Crippen molar-refractivity contribution in [2.45, 2.75) is 25.9 Å².